The molecule has 1 amide bonds. The van der Waals surface area contributed by atoms with E-state index < -0.39 is 0 Å². The highest BCUT2D eigenvalue weighted by molar-refractivity contribution is 6.02. The van der Waals surface area contributed by atoms with Gasteiger partial charge in [0, 0.05) is 11.1 Å². The summed E-state index contributed by atoms with van der Waals surface area (Å²) >= 11 is 0. The van der Waals surface area contributed by atoms with Gasteiger partial charge in [0.05, 0.1) is 12.2 Å². The Kier molecular flexibility index (Phi) is 5.08. The maximum Gasteiger partial charge on any atom is 0.275 e. The largest absolute Gasteiger partial charge is 0.305 e. The van der Waals surface area contributed by atoms with Crippen LogP contribution in [0.2, 0.25) is 0 Å². The number of nitrogens with one attached hydrogen (secondary N) is 1. The van der Waals surface area contributed by atoms with Gasteiger partial charge in [-0.2, -0.15) is 5.10 Å². The fourth-order valence-corrected chi connectivity index (χ4v) is 2.64. The van der Waals surface area contributed by atoms with E-state index in [2.05, 4.69) is 15.4 Å². The third kappa shape index (κ3) is 4.58. The minimum atomic E-state index is -0.293. The van der Waals surface area contributed by atoms with Gasteiger partial charge >= 0.3 is 0 Å². The molecule has 0 unspecified atom stereocenters. The van der Waals surface area contributed by atoms with Gasteiger partial charge in [0.15, 0.2) is 0 Å². The number of nitrogens with zero attached hydrogens (tertiary/aromatic N) is 3. The lowest BCUT2D eigenvalue weighted by atomic mass is 9.92. The second-order valence-corrected chi connectivity index (χ2v) is 7.57. The van der Waals surface area contributed by atoms with Crippen molar-refractivity contribution < 1.29 is 9.18 Å². The van der Waals surface area contributed by atoms with Gasteiger partial charge in [-0.05, 0) is 42.8 Å². The highest BCUT2D eigenvalue weighted by Crippen LogP contribution is 2.23. The average molecular weight is 366 g/mol. The van der Waals surface area contributed by atoms with Crippen molar-refractivity contribution in [3.63, 3.8) is 0 Å². The molecule has 5 nitrogen and oxygen atoms in total. The summed E-state index contributed by atoms with van der Waals surface area (Å²) in [7, 11) is 0. The molecule has 6 heteroatoms. The third-order valence-electron chi connectivity index (χ3n) is 4.16. The Hall–Kier alpha value is -3.02. The average Bonchev–Trinajstić information content (AvgIpc) is 3.01. The van der Waals surface area contributed by atoms with Gasteiger partial charge in [-0.1, -0.05) is 39.0 Å². The van der Waals surface area contributed by atoms with E-state index in [9.17, 15) is 9.18 Å². The number of pyridine rings is 1. The normalized spacial score (nSPS) is 11.4. The lowest BCUT2D eigenvalue weighted by Gasteiger charge is -2.14. The molecule has 2 heterocycles. The van der Waals surface area contributed by atoms with E-state index in [1.807, 2.05) is 39.8 Å². The smallest absolute Gasteiger partial charge is 0.275 e. The Labute approximate surface area is 158 Å². The first-order valence-electron chi connectivity index (χ1n) is 8.80. The Bertz CT molecular complexity index is 955. The van der Waals surface area contributed by atoms with Crippen LogP contribution in [-0.4, -0.2) is 20.7 Å². The van der Waals surface area contributed by atoms with Crippen molar-refractivity contribution in [2.45, 2.75) is 39.7 Å². The predicted octanol–water partition coefficient (Wildman–Crippen LogP) is 4.32. The molecule has 0 aliphatic rings. The number of aryl methyl sites for hydroxylation is 1. The molecule has 0 fully saturated rings. The van der Waals surface area contributed by atoms with E-state index in [1.165, 1.54) is 12.1 Å². The van der Waals surface area contributed by atoms with Crippen LogP contribution < -0.4 is 5.32 Å². The van der Waals surface area contributed by atoms with Crippen molar-refractivity contribution >= 4 is 11.7 Å². The molecule has 0 spiro atoms. The van der Waals surface area contributed by atoms with E-state index in [-0.39, 0.29) is 17.1 Å². The number of hydrogen-bond donors (Lipinski definition) is 1. The molecular formula is C21H23FN4O. The zero-order chi connectivity index (χ0) is 19.6. The van der Waals surface area contributed by atoms with Crippen molar-refractivity contribution in [2.75, 3.05) is 5.32 Å². The van der Waals surface area contributed by atoms with E-state index in [0.29, 0.717) is 18.1 Å². The molecule has 1 aromatic carbocycles. The fourth-order valence-electron chi connectivity index (χ4n) is 2.64. The molecule has 0 aliphatic heterocycles. The predicted molar refractivity (Wildman–Crippen MR) is 103 cm³/mol. The number of aromatic nitrogens is 3. The Morgan fingerprint density at radius 1 is 1.15 bits per heavy atom. The number of carbonyl (C=O) groups is 1. The van der Waals surface area contributed by atoms with Crippen LogP contribution in [-0.2, 0) is 12.0 Å². The summed E-state index contributed by atoms with van der Waals surface area (Å²) < 4.78 is 14.8. The van der Waals surface area contributed by atoms with Gasteiger partial charge in [0.1, 0.15) is 17.3 Å². The van der Waals surface area contributed by atoms with Gasteiger partial charge in [-0.3, -0.25) is 9.48 Å². The van der Waals surface area contributed by atoms with E-state index in [1.54, 1.807) is 28.9 Å². The zero-order valence-corrected chi connectivity index (χ0v) is 16.0. The third-order valence-corrected chi connectivity index (χ3v) is 4.16. The van der Waals surface area contributed by atoms with Crippen LogP contribution in [0.15, 0.2) is 48.5 Å². The molecule has 0 saturated carbocycles. The van der Waals surface area contributed by atoms with Crippen LogP contribution >= 0.6 is 0 Å². The first-order valence-corrected chi connectivity index (χ1v) is 8.80. The van der Waals surface area contributed by atoms with Gasteiger partial charge in [-0.25, -0.2) is 9.37 Å². The van der Waals surface area contributed by atoms with Crippen molar-refractivity contribution in [2.24, 2.45) is 0 Å². The molecule has 3 rings (SSSR count). The topological polar surface area (TPSA) is 59.8 Å². The lowest BCUT2D eigenvalue weighted by molar-refractivity contribution is 0.101. The second-order valence-electron chi connectivity index (χ2n) is 7.57. The zero-order valence-electron chi connectivity index (χ0n) is 16.0. The summed E-state index contributed by atoms with van der Waals surface area (Å²) in [5.41, 5.74) is 2.73. The Morgan fingerprint density at radius 2 is 1.85 bits per heavy atom. The van der Waals surface area contributed by atoms with Gasteiger partial charge in [0.25, 0.3) is 5.91 Å². The number of carbonyl (C=O) groups excluding carboxylic acids is 1. The maximum atomic E-state index is 13.2. The molecule has 0 saturated heterocycles. The van der Waals surface area contributed by atoms with Gasteiger partial charge < -0.3 is 5.32 Å². The molecule has 140 valence electrons. The first kappa shape index (κ1) is 18.8. The van der Waals surface area contributed by atoms with Crippen LogP contribution in [0.4, 0.5) is 10.2 Å². The number of halogens is 1. The monoisotopic (exact) mass is 366 g/mol. The number of rotatable bonds is 4. The summed E-state index contributed by atoms with van der Waals surface area (Å²) in [6, 6.07) is 13.4. The number of anilines is 1. The molecule has 2 aromatic heterocycles. The SMILES string of the molecule is Cc1cccc(NC(=O)c2cc(C(C)(C)C)nn2Cc2ccc(F)cc2)n1. The van der Waals surface area contributed by atoms with E-state index in [0.717, 1.165) is 17.0 Å². The van der Waals surface area contributed by atoms with Crippen LogP contribution in [0, 0.1) is 12.7 Å². The molecular weight excluding hydrogens is 343 g/mol. The lowest BCUT2D eigenvalue weighted by Crippen LogP contribution is -2.19. The molecule has 0 bridgehead atoms. The van der Waals surface area contributed by atoms with Crippen molar-refractivity contribution in [1.82, 2.24) is 14.8 Å². The van der Waals surface area contributed by atoms with Crippen molar-refractivity contribution in [1.29, 1.82) is 0 Å². The summed E-state index contributed by atoms with van der Waals surface area (Å²) in [5.74, 6) is -0.0804. The molecule has 0 atom stereocenters. The molecule has 1 N–H and O–H groups in total. The van der Waals surface area contributed by atoms with Crippen LogP contribution in [0.1, 0.15) is 48.2 Å². The maximum absolute atomic E-state index is 13.2. The highest BCUT2D eigenvalue weighted by atomic mass is 19.1. The van der Waals surface area contributed by atoms with Crippen LogP contribution in [0.3, 0.4) is 0 Å². The summed E-state index contributed by atoms with van der Waals surface area (Å²) in [4.78, 5) is 17.2. The molecule has 27 heavy (non-hydrogen) atoms. The summed E-state index contributed by atoms with van der Waals surface area (Å²) in [6.07, 6.45) is 0. The molecule has 3 aromatic rings. The van der Waals surface area contributed by atoms with Crippen LogP contribution in [0.5, 0.6) is 0 Å². The Morgan fingerprint density at radius 3 is 2.48 bits per heavy atom. The van der Waals surface area contributed by atoms with E-state index in [4.69, 9.17) is 0 Å². The first-order chi connectivity index (χ1) is 12.7. The van der Waals surface area contributed by atoms with E-state index >= 15 is 0 Å². The Balaban J connectivity index is 1.93. The number of hydrogen-bond acceptors (Lipinski definition) is 3. The fraction of sp³-hybridized carbons (Fsp3) is 0.286. The van der Waals surface area contributed by atoms with Crippen LogP contribution in [0.25, 0.3) is 0 Å². The van der Waals surface area contributed by atoms with Crippen molar-refractivity contribution in [3.05, 3.63) is 77.0 Å². The van der Waals surface area contributed by atoms with Gasteiger partial charge in [0.2, 0.25) is 0 Å². The highest BCUT2D eigenvalue weighted by Gasteiger charge is 2.23. The quantitative estimate of drug-likeness (QED) is 0.748. The summed E-state index contributed by atoms with van der Waals surface area (Å²) in [5, 5.41) is 7.45. The molecule has 0 radical (unpaired) electrons. The molecule has 0 aliphatic carbocycles. The minimum Gasteiger partial charge on any atom is -0.305 e. The standard InChI is InChI=1S/C21H23FN4O/c1-14-6-5-7-19(23-14)24-20(27)17-12-18(21(2,3)4)25-26(17)13-15-8-10-16(22)11-9-15/h5-12H,13H2,1-4H3,(H,23,24,27). The summed E-state index contributed by atoms with van der Waals surface area (Å²) in [6.45, 7) is 8.37. The van der Waals surface area contributed by atoms with Gasteiger partial charge in [-0.15, -0.1) is 0 Å². The second kappa shape index (κ2) is 7.31. The number of amides is 1. The number of benzene rings is 1. The van der Waals surface area contributed by atoms with Crippen molar-refractivity contribution in [3.8, 4) is 0 Å². The minimum absolute atomic E-state index is 0.204.